The largest absolute Gasteiger partial charge is 0.377 e. The lowest BCUT2D eigenvalue weighted by atomic mass is 9.98. The van der Waals surface area contributed by atoms with E-state index in [1.807, 2.05) is 74.5 Å². The summed E-state index contributed by atoms with van der Waals surface area (Å²) in [6, 6.07) is 24.7. The third kappa shape index (κ3) is 7.13. The quantitative estimate of drug-likeness (QED) is 0.427. The molecule has 1 aliphatic heterocycles. The summed E-state index contributed by atoms with van der Waals surface area (Å²) in [4.78, 5) is 44.7. The second-order valence-corrected chi connectivity index (χ2v) is 10.6. The van der Waals surface area contributed by atoms with Crippen molar-refractivity contribution in [3.8, 4) is 0 Å². The van der Waals surface area contributed by atoms with Crippen molar-refractivity contribution in [2.45, 2.75) is 32.1 Å². The number of methoxy groups -OCH3 is 2. The highest BCUT2D eigenvalue weighted by Crippen LogP contribution is 2.31. The number of amides is 3. The van der Waals surface area contributed by atoms with E-state index in [2.05, 4.69) is 5.32 Å². The predicted molar refractivity (Wildman–Crippen MR) is 163 cm³/mol. The third-order valence-electron chi connectivity index (χ3n) is 7.44. The second kappa shape index (κ2) is 14.6. The molecular weight excluding hydrogens is 530 g/mol. The molecule has 8 heteroatoms. The molecule has 3 amide bonds. The van der Waals surface area contributed by atoms with E-state index in [-0.39, 0.29) is 43.3 Å². The van der Waals surface area contributed by atoms with Crippen LogP contribution in [0.4, 0.5) is 5.69 Å². The number of hydrogen-bond acceptors (Lipinski definition) is 5. The van der Waals surface area contributed by atoms with Crippen molar-refractivity contribution in [2.24, 2.45) is 5.92 Å². The summed E-state index contributed by atoms with van der Waals surface area (Å²) >= 11 is 0. The monoisotopic (exact) mass is 569 g/mol. The van der Waals surface area contributed by atoms with E-state index in [9.17, 15) is 14.4 Å². The van der Waals surface area contributed by atoms with Gasteiger partial charge in [-0.3, -0.25) is 14.4 Å². The average molecular weight is 570 g/mol. The van der Waals surface area contributed by atoms with E-state index in [1.54, 1.807) is 60.4 Å². The van der Waals surface area contributed by atoms with Crippen molar-refractivity contribution in [3.63, 3.8) is 0 Å². The first kappa shape index (κ1) is 30.7. The average Bonchev–Trinajstić information content (AvgIpc) is 3.01. The highest BCUT2D eigenvalue weighted by molar-refractivity contribution is 6.01. The molecule has 0 bridgehead atoms. The highest BCUT2D eigenvalue weighted by atomic mass is 16.5. The Hall–Kier alpha value is -4.27. The summed E-state index contributed by atoms with van der Waals surface area (Å²) in [7, 11) is 3.17. The molecule has 3 aromatic rings. The molecule has 0 aromatic heterocycles. The van der Waals surface area contributed by atoms with Crippen molar-refractivity contribution in [1.29, 1.82) is 0 Å². The number of rotatable bonds is 5. The second-order valence-electron chi connectivity index (χ2n) is 10.6. The maximum absolute atomic E-state index is 13.9. The molecule has 0 fully saturated rings. The molecule has 0 saturated heterocycles. The van der Waals surface area contributed by atoms with Gasteiger partial charge in [0.2, 0.25) is 5.91 Å². The van der Waals surface area contributed by atoms with Gasteiger partial charge in [-0.15, -0.1) is 0 Å². The summed E-state index contributed by atoms with van der Waals surface area (Å²) in [5.41, 5.74) is 2.32. The molecule has 0 aliphatic carbocycles. The lowest BCUT2D eigenvalue weighted by Gasteiger charge is -2.35. The molecule has 3 aromatic carbocycles. The van der Waals surface area contributed by atoms with Crippen molar-refractivity contribution in [3.05, 3.63) is 114 Å². The predicted octanol–water partition coefficient (Wildman–Crippen LogP) is 5.21. The maximum Gasteiger partial charge on any atom is 0.254 e. The van der Waals surface area contributed by atoms with Crippen molar-refractivity contribution < 1.29 is 23.9 Å². The molecule has 1 heterocycles. The van der Waals surface area contributed by atoms with Gasteiger partial charge in [0.1, 0.15) is 18.2 Å². The molecule has 0 saturated carbocycles. The molecule has 0 unspecified atom stereocenters. The molecule has 1 N–H and O–H groups in total. The molecule has 42 heavy (non-hydrogen) atoms. The molecular formula is C34H39N3O5. The van der Waals surface area contributed by atoms with E-state index in [0.717, 1.165) is 0 Å². The van der Waals surface area contributed by atoms with Crippen LogP contribution in [-0.2, 0) is 14.3 Å². The molecule has 4 rings (SSSR count). The fourth-order valence-electron chi connectivity index (χ4n) is 5.32. The topological polar surface area (TPSA) is 88.2 Å². The highest BCUT2D eigenvalue weighted by Gasteiger charge is 2.35. The Balaban J connectivity index is 1.80. The maximum atomic E-state index is 13.9. The van der Waals surface area contributed by atoms with Crippen LogP contribution < -0.4 is 5.32 Å². The van der Waals surface area contributed by atoms with Crippen LogP contribution >= 0.6 is 0 Å². The SMILES string of the molecule is CO[C@H]1CN(C(=O)c2ccccc2)C/C=C\CN(C(=O)c2ccccc2)[C@@H](C(C)C)C(=O)Nc2ccccc2[C@@H]1OC. The van der Waals surface area contributed by atoms with Crippen LogP contribution in [0, 0.1) is 5.92 Å². The molecule has 220 valence electrons. The fraction of sp³-hybridized carbons (Fsp3) is 0.324. The van der Waals surface area contributed by atoms with Crippen LogP contribution in [0.5, 0.6) is 0 Å². The standard InChI is InChI=1S/C34H39N3O5/c1-24(2)30-32(38)35-28-20-12-11-19-27(28)31(42-4)29(41-3)23-36(33(39)25-15-7-5-8-16-25)21-13-14-22-37(30)34(40)26-17-9-6-10-18-26/h5-20,24,29-31H,21-23H2,1-4H3,(H,35,38)/b14-13-/t29-,30-,31-/m0/s1. The molecule has 3 atom stereocenters. The number of hydrogen-bond donors (Lipinski definition) is 1. The Morgan fingerprint density at radius 2 is 1.36 bits per heavy atom. The van der Waals surface area contributed by atoms with Crippen molar-refractivity contribution in [1.82, 2.24) is 9.80 Å². The zero-order chi connectivity index (χ0) is 30.1. The van der Waals surface area contributed by atoms with Crippen LogP contribution in [-0.4, -0.2) is 73.5 Å². The first-order valence-corrected chi connectivity index (χ1v) is 14.2. The summed E-state index contributed by atoms with van der Waals surface area (Å²) in [6.07, 6.45) is 2.57. The smallest absolute Gasteiger partial charge is 0.254 e. The van der Waals surface area contributed by atoms with Crippen LogP contribution in [0.2, 0.25) is 0 Å². The van der Waals surface area contributed by atoms with Gasteiger partial charge in [0.05, 0.1) is 6.54 Å². The summed E-state index contributed by atoms with van der Waals surface area (Å²) in [5, 5.41) is 3.08. The minimum atomic E-state index is -0.764. The summed E-state index contributed by atoms with van der Waals surface area (Å²) in [5.74, 6) is -0.881. The molecule has 8 nitrogen and oxygen atoms in total. The van der Waals surface area contributed by atoms with E-state index in [1.165, 1.54) is 0 Å². The van der Waals surface area contributed by atoms with Gasteiger partial charge in [0.15, 0.2) is 0 Å². The van der Waals surface area contributed by atoms with Crippen LogP contribution in [0.1, 0.15) is 46.2 Å². The fourth-order valence-corrected chi connectivity index (χ4v) is 5.32. The van der Waals surface area contributed by atoms with E-state index in [4.69, 9.17) is 9.47 Å². The zero-order valence-corrected chi connectivity index (χ0v) is 24.6. The van der Waals surface area contributed by atoms with Gasteiger partial charge in [-0.05, 0) is 36.2 Å². The Labute approximate surface area is 247 Å². The van der Waals surface area contributed by atoms with Gasteiger partial charge < -0.3 is 24.6 Å². The van der Waals surface area contributed by atoms with Gasteiger partial charge in [0.25, 0.3) is 11.8 Å². The third-order valence-corrected chi connectivity index (χ3v) is 7.44. The van der Waals surface area contributed by atoms with E-state index in [0.29, 0.717) is 22.4 Å². The van der Waals surface area contributed by atoms with E-state index < -0.39 is 18.2 Å². The van der Waals surface area contributed by atoms with Crippen LogP contribution in [0.3, 0.4) is 0 Å². The normalized spacial score (nSPS) is 20.8. The van der Waals surface area contributed by atoms with Crippen LogP contribution in [0.15, 0.2) is 97.1 Å². The minimum absolute atomic E-state index is 0.150. The molecule has 0 radical (unpaired) electrons. The van der Waals surface area contributed by atoms with Gasteiger partial charge in [-0.25, -0.2) is 0 Å². The lowest BCUT2D eigenvalue weighted by molar-refractivity contribution is -0.121. The number of carbonyl (C=O) groups excluding carboxylic acids is 3. The minimum Gasteiger partial charge on any atom is -0.377 e. The van der Waals surface area contributed by atoms with Gasteiger partial charge in [0, 0.05) is 49.7 Å². The Kier molecular flexibility index (Phi) is 10.6. The number of ether oxygens (including phenoxy) is 2. The van der Waals surface area contributed by atoms with Crippen molar-refractivity contribution in [2.75, 3.05) is 39.2 Å². The number of para-hydroxylation sites is 1. The number of benzene rings is 3. The molecule has 0 spiro atoms. The zero-order valence-electron chi connectivity index (χ0n) is 24.6. The van der Waals surface area contributed by atoms with E-state index >= 15 is 0 Å². The van der Waals surface area contributed by atoms with Gasteiger partial charge in [-0.2, -0.15) is 0 Å². The van der Waals surface area contributed by atoms with Gasteiger partial charge in [-0.1, -0.05) is 80.6 Å². The van der Waals surface area contributed by atoms with Gasteiger partial charge >= 0.3 is 0 Å². The Morgan fingerprint density at radius 1 is 0.786 bits per heavy atom. The number of fused-ring (bicyclic) bond motifs is 1. The first-order valence-electron chi connectivity index (χ1n) is 14.2. The van der Waals surface area contributed by atoms with Crippen LogP contribution in [0.25, 0.3) is 0 Å². The Morgan fingerprint density at radius 3 is 1.95 bits per heavy atom. The number of carbonyl (C=O) groups is 3. The lowest BCUT2D eigenvalue weighted by Crippen LogP contribution is -2.50. The number of anilines is 1. The summed E-state index contributed by atoms with van der Waals surface area (Å²) < 4.78 is 11.8. The Bertz CT molecular complexity index is 1380. The first-order chi connectivity index (χ1) is 20.3. The number of nitrogens with one attached hydrogen (secondary N) is 1. The number of nitrogens with zero attached hydrogens (tertiary/aromatic N) is 2. The summed E-state index contributed by atoms with van der Waals surface area (Å²) in [6.45, 7) is 4.54. The molecule has 1 aliphatic rings. The van der Waals surface area contributed by atoms with Crippen molar-refractivity contribution >= 4 is 23.4 Å².